The van der Waals surface area contributed by atoms with Crippen molar-refractivity contribution in [1.29, 1.82) is 0 Å². The van der Waals surface area contributed by atoms with Crippen molar-refractivity contribution < 1.29 is 50.6 Å². The van der Waals surface area contributed by atoms with Crippen LogP contribution in [0.5, 0.6) is 0 Å². The summed E-state index contributed by atoms with van der Waals surface area (Å²) >= 11 is 0.898. The minimum absolute atomic E-state index is 0.288. The molecule has 5 aromatic carbocycles. The number of allylic oxidation sites excluding steroid dienone is 4. The van der Waals surface area contributed by atoms with Gasteiger partial charge in [0.25, 0.3) is 0 Å². The number of hydrogen-bond acceptors (Lipinski definition) is 0. The first kappa shape index (κ1) is 40.3. The maximum atomic E-state index is 12.5. The Hall–Kier alpha value is -3.44. The van der Waals surface area contributed by atoms with Gasteiger partial charge in [-0.3, -0.25) is 6.08 Å². The SMILES string of the molecule is CC(C)C1[C-]=CC(C(C)(C)C)=C1.Cc1cc2[cH-]c3cc(C)c(C)cc3c2cc1C.FC(F)(F)c1ccc([C](=[Zr+2])c2ccc(C(F)(F)F)cc2)cc1. The molecule has 1 aliphatic rings. The number of fused-ring (bicyclic) bond motifs is 3. The number of alkyl halides is 6. The molecule has 0 saturated heterocycles. The molecule has 1 atom stereocenters. The topological polar surface area (TPSA) is 0 Å². The van der Waals surface area contributed by atoms with Gasteiger partial charge in [0, 0.05) is 0 Å². The number of halogens is 6. The zero-order valence-electron chi connectivity index (χ0n) is 30.6. The van der Waals surface area contributed by atoms with Crippen molar-refractivity contribution in [2.75, 3.05) is 0 Å². The quantitative estimate of drug-likeness (QED) is 0.126. The van der Waals surface area contributed by atoms with Crippen LogP contribution in [0, 0.1) is 51.0 Å². The molecule has 0 aromatic heterocycles. The van der Waals surface area contributed by atoms with Gasteiger partial charge in [0.05, 0.1) is 0 Å². The molecular formula is C44H44F6Zr. The van der Waals surface area contributed by atoms with Crippen molar-refractivity contribution in [3.05, 3.63) is 147 Å². The fourth-order valence-corrected chi connectivity index (χ4v) is 6.51. The molecule has 0 spiro atoms. The first-order valence-electron chi connectivity index (χ1n) is 16.9. The van der Waals surface area contributed by atoms with Crippen LogP contribution in [-0.2, 0) is 36.6 Å². The molecule has 0 N–H and O–H groups in total. The molecule has 0 heterocycles. The van der Waals surface area contributed by atoms with Crippen LogP contribution >= 0.6 is 0 Å². The third-order valence-electron chi connectivity index (χ3n) is 9.31. The van der Waals surface area contributed by atoms with E-state index in [4.69, 9.17) is 0 Å². The van der Waals surface area contributed by atoms with Crippen LogP contribution in [0.4, 0.5) is 26.3 Å². The summed E-state index contributed by atoms with van der Waals surface area (Å²) in [6.07, 6.45) is -0.913. The molecular weight excluding hydrogens is 734 g/mol. The number of benzene rings is 4. The molecule has 0 nitrogen and oxygen atoms in total. The standard InChI is InChI=1S/C17H17.C15H8F6.C12H19.Zr/c1-10-5-14-9-15-6-11(2)13(4)8-17(15)16(14)7-12(10)3;16-14(17,18)12-5-1-10(2-6-12)9-11-3-7-13(8-4-11)15(19,20)21;1-9(2)10-6-7-11(8-10)12(3,4)5;/h5-9H,1-4H3;1-8H;7-10H,1-5H3;/q-1;;-1;+2. The van der Waals surface area contributed by atoms with E-state index < -0.39 is 23.5 Å². The number of hydrogen-bond donors (Lipinski definition) is 0. The third-order valence-corrected chi connectivity index (χ3v) is 10.7. The Bertz CT molecular complexity index is 1940. The number of rotatable bonds is 3. The molecule has 6 rings (SSSR count). The zero-order valence-corrected chi connectivity index (χ0v) is 33.0. The summed E-state index contributed by atoms with van der Waals surface area (Å²) in [7, 11) is 0. The Labute approximate surface area is 313 Å². The van der Waals surface area contributed by atoms with Gasteiger partial charge in [0.2, 0.25) is 0 Å². The molecule has 1 aliphatic carbocycles. The maximum absolute atomic E-state index is 12.5. The van der Waals surface area contributed by atoms with Gasteiger partial charge in [-0.25, -0.2) is 6.08 Å². The Balaban J connectivity index is 0.000000179. The predicted octanol–water partition coefficient (Wildman–Crippen LogP) is 13.4. The Morgan fingerprint density at radius 2 is 1.02 bits per heavy atom. The van der Waals surface area contributed by atoms with Gasteiger partial charge in [0.15, 0.2) is 0 Å². The van der Waals surface area contributed by atoms with E-state index in [1.54, 1.807) is 0 Å². The monoisotopic (exact) mass is 776 g/mol. The average molecular weight is 778 g/mol. The molecule has 5 aromatic rings. The van der Waals surface area contributed by atoms with E-state index in [-0.39, 0.29) is 5.41 Å². The van der Waals surface area contributed by atoms with E-state index >= 15 is 0 Å². The van der Waals surface area contributed by atoms with Crippen molar-refractivity contribution >= 4 is 24.8 Å². The molecule has 7 heteroatoms. The molecule has 0 amide bonds. The molecule has 266 valence electrons. The summed E-state index contributed by atoms with van der Waals surface area (Å²) in [4.78, 5) is 0. The Morgan fingerprint density at radius 3 is 1.31 bits per heavy atom. The second-order valence-corrected chi connectivity index (χ2v) is 15.9. The van der Waals surface area contributed by atoms with Gasteiger partial charge in [-0.05, 0) is 27.7 Å². The molecule has 0 saturated carbocycles. The van der Waals surface area contributed by atoms with E-state index in [0.717, 1.165) is 48.5 Å². The summed E-state index contributed by atoms with van der Waals surface area (Å²) in [6, 6.07) is 20.7. The summed E-state index contributed by atoms with van der Waals surface area (Å²) in [5.41, 5.74) is 6.84. The first-order chi connectivity index (χ1) is 23.6. The van der Waals surface area contributed by atoms with Crippen molar-refractivity contribution in [1.82, 2.24) is 0 Å². The van der Waals surface area contributed by atoms with Crippen LogP contribution < -0.4 is 0 Å². The van der Waals surface area contributed by atoms with E-state index in [2.05, 4.69) is 111 Å². The molecule has 0 aliphatic heterocycles. The second-order valence-electron chi connectivity index (χ2n) is 14.7. The predicted molar refractivity (Wildman–Crippen MR) is 196 cm³/mol. The third kappa shape index (κ3) is 10.1. The van der Waals surface area contributed by atoms with Crippen LogP contribution in [0.15, 0.2) is 96.6 Å². The van der Waals surface area contributed by atoms with Gasteiger partial charge >= 0.3 is 137 Å². The van der Waals surface area contributed by atoms with Crippen LogP contribution in [-0.4, -0.2) is 3.21 Å². The Kier molecular flexibility index (Phi) is 12.4. The average Bonchev–Trinajstić information content (AvgIpc) is 3.67. The van der Waals surface area contributed by atoms with Crippen LogP contribution in [0.2, 0.25) is 0 Å². The second kappa shape index (κ2) is 15.7. The van der Waals surface area contributed by atoms with Gasteiger partial charge in [-0.15, -0.1) is 39.7 Å². The minimum atomic E-state index is -4.41. The summed E-state index contributed by atoms with van der Waals surface area (Å²) < 4.78 is 75.6. The van der Waals surface area contributed by atoms with Gasteiger partial charge in [-0.1, -0.05) is 86.3 Å². The van der Waals surface area contributed by atoms with Crippen molar-refractivity contribution in [3.8, 4) is 0 Å². The molecule has 1 unspecified atom stereocenters. The summed E-state index contributed by atoms with van der Waals surface area (Å²) in [5, 5.41) is 5.53. The van der Waals surface area contributed by atoms with Gasteiger partial charge in [-0.2, -0.15) is 11.6 Å². The van der Waals surface area contributed by atoms with Gasteiger partial charge < -0.3 is 0 Å². The van der Waals surface area contributed by atoms with Gasteiger partial charge in [0.1, 0.15) is 0 Å². The summed E-state index contributed by atoms with van der Waals surface area (Å²) in [5.74, 6) is 1.22. The van der Waals surface area contributed by atoms with E-state index in [9.17, 15) is 26.3 Å². The van der Waals surface area contributed by atoms with E-state index in [1.165, 1.54) is 73.6 Å². The molecule has 0 radical (unpaired) electrons. The molecule has 0 fully saturated rings. The van der Waals surface area contributed by atoms with Crippen molar-refractivity contribution in [2.45, 2.75) is 74.7 Å². The van der Waals surface area contributed by atoms with Crippen LogP contribution in [0.3, 0.4) is 0 Å². The fourth-order valence-electron chi connectivity index (χ4n) is 5.70. The van der Waals surface area contributed by atoms with Crippen molar-refractivity contribution in [2.24, 2.45) is 17.3 Å². The molecule has 0 bridgehead atoms. The molecule has 51 heavy (non-hydrogen) atoms. The summed E-state index contributed by atoms with van der Waals surface area (Å²) in [6.45, 7) is 20.0. The first-order valence-corrected chi connectivity index (χ1v) is 18.1. The van der Waals surface area contributed by atoms with E-state index in [0.29, 0.717) is 26.2 Å². The van der Waals surface area contributed by atoms with Crippen LogP contribution in [0.25, 0.3) is 21.5 Å². The Morgan fingerprint density at radius 1 is 0.647 bits per heavy atom. The van der Waals surface area contributed by atoms with Crippen LogP contribution in [0.1, 0.15) is 79.1 Å². The van der Waals surface area contributed by atoms with Crippen molar-refractivity contribution in [3.63, 3.8) is 0 Å². The van der Waals surface area contributed by atoms with E-state index in [1.807, 2.05) is 0 Å². The number of aryl methyl sites for hydroxylation is 4. The fraction of sp³-hybridized carbons (Fsp3) is 0.318. The normalized spacial score (nSPS) is 14.7. The zero-order chi connectivity index (χ0) is 38.1.